The molecular weight excluding hydrogens is 323 g/mol. The van der Waals surface area contributed by atoms with E-state index in [1.807, 2.05) is 30.1 Å². The molecule has 1 aromatic rings. The van der Waals surface area contributed by atoms with Crippen molar-refractivity contribution in [2.45, 2.75) is 31.7 Å². The fraction of sp³-hybridized carbons (Fsp3) is 0.562. The number of benzene rings is 1. The average molecular weight is 347 g/mol. The van der Waals surface area contributed by atoms with Crippen molar-refractivity contribution in [1.82, 2.24) is 10.2 Å². The zero-order valence-corrected chi connectivity index (χ0v) is 14.5. The van der Waals surface area contributed by atoms with Crippen LogP contribution in [0.5, 0.6) is 5.75 Å². The molecule has 0 radical (unpaired) electrons. The minimum Gasteiger partial charge on any atom is -0.492 e. The predicted molar refractivity (Wildman–Crippen MR) is 92.1 cm³/mol. The van der Waals surface area contributed by atoms with E-state index in [0.717, 1.165) is 25.9 Å². The molecule has 1 aliphatic heterocycles. The number of carbonyl (C=O) groups is 1. The van der Waals surface area contributed by atoms with E-state index in [0.29, 0.717) is 36.3 Å². The summed E-state index contributed by atoms with van der Waals surface area (Å²) in [6.45, 7) is 2.51. The Morgan fingerprint density at radius 2 is 2.05 bits per heavy atom. The fourth-order valence-electron chi connectivity index (χ4n) is 2.54. The van der Waals surface area contributed by atoms with Crippen molar-refractivity contribution in [3.63, 3.8) is 0 Å². The number of rotatable bonds is 6. The Morgan fingerprint density at radius 1 is 1.36 bits per heavy atom. The highest BCUT2D eigenvalue weighted by Gasteiger charge is 2.21. The Morgan fingerprint density at radius 3 is 2.73 bits per heavy atom. The predicted octanol–water partition coefficient (Wildman–Crippen LogP) is 3.13. The molecule has 1 saturated heterocycles. The molecule has 22 heavy (non-hydrogen) atoms. The highest BCUT2D eigenvalue weighted by Crippen LogP contribution is 2.23. The van der Waals surface area contributed by atoms with Crippen molar-refractivity contribution < 1.29 is 9.53 Å². The van der Waals surface area contributed by atoms with E-state index in [4.69, 9.17) is 16.3 Å². The summed E-state index contributed by atoms with van der Waals surface area (Å²) in [5.74, 6) is 0.878. The van der Waals surface area contributed by atoms with Gasteiger partial charge in [0.15, 0.2) is 0 Å². The first kappa shape index (κ1) is 19.1. The number of halogens is 2. The lowest BCUT2D eigenvalue weighted by Gasteiger charge is -2.31. The first-order valence-corrected chi connectivity index (χ1v) is 7.90. The Hall–Kier alpha value is -0.970. The molecule has 1 N–H and O–H groups in total. The highest BCUT2D eigenvalue weighted by atomic mass is 35.5. The second-order valence-electron chi connectivity index (χ2n) is 5.37. The van der Waals surface area contributed by atoms with Crippen molar-refractivity contribution in [3.05, 3.63) is 29.3 Å². The minimum absolute atomic E-state index is 0. The van der Waals surface area contributed by atoms with E-state index in [1.165, 1.54) is 0 Å². The number of amides is 1. The molecule has 0 unspecified atom stereocenters. The Bertz CT molecular complexity index is 465. The van der Waals surface area contributed by atoms with Crippen LogP contribution in [0, 0.1) is 0 Å². The van der Waals surface area contributed by atoms with Gasteiger partial charge >= 0.3 is 0 Å². The standard InChI is InChI=1S/C16H23ClN2O2.ClH/c1-19(13-8-10-18-11-9-13)16(20)7-4-12-21-15-6-3-2-5-14(15)17;/h2-3,5-6,13,18H,4,7-12H2,1H3;1H. The third-order valence-electron chi connectivity index (χ3n) is 3.88. The molecule has 2 rings (SSSR count). The molecule has 124 valence electrons. The number of para-hydroxylation sites is 1. The molecule has 1 fully saturated rings. The van der Waals surface area contributed by atoms with Gasteiger partial charge in [0.2, 0.25) is 5.91 Å². The summed E-state index contributed by atoms with van der Waals surface area (Å²) in [5, 5.41) is 3.92. The van der Waals surface area contributed by atoms with Gasteiger partial charge in [-0.3, -0.25) is 4.79 Å². The summed E-state index contributed by atoms with van der Waals surface area (Å²) in [6.07, 6.45) is 3.31. The van der Waals surface area contributed by atoms with Gasteiger partial charge < -0.3 is 15.0 Å². The van der Waals surface area contributed by atoms with Crippen molar-refractivity contribution in [3.8, 4) is 5.75 Å². The van der Waals surface area contributed by atoms with Crippen molar-refractivity contribution in [2.75, 3.05) is 26.7 Å². The summed E-state index contributed by atoms with van der Waals surface area (Å²) in [6, 6.07) is 7.77. The Kier molecular flexibility index (Phi) is 8.61. The zero-order valence-electron chi connectivity index (χ0n) is 12.9. The molecule has 1 aliphatic rings. The maximum atomic E-state index is 12.1. The topological polar surface area (TPSA) is 41.6 Å². The summed E-state index contributed by atoms with van der Waals surface area (Å²) in [5.41, 5.74) is 0. The maximum absolute atomic E-state index is 12.1. The van der Waals surface area contributed by atoms with Crippen LogP contribution in [0.4, 0.5) is 0 Å². The largest absolute Gasteiger partial charge is 0.492 e. The van der Waals surface area contributed by atoms with Crippen LogP contribution in [-0.4, -0.2) is 43.6 Å². The summed E-state index contributed by atoms with van der Waals surface area (Å²) >= 11 is 6.01. The average Bonchev–Trinajstić information content (AvgIpc) is 2.53. The number of hydrogen-bond acceptors (Lipinski definition) is 3. The van der Waals surface area contributed by atoms with Crippen molar-refractivity contribution in [1.29, 1.82) is 0 Å². The fourth-order valence-corrected chi connectivity index (χ4v) is 2.73. The Labute approximate surface area is 143 Å². The number of nitrogens with zero attached hydrogens (tertiary/aromatic N) is 1. The van der Waals surface area contributed by atoms with E-state index >= 15 is 0 Å². The number of carbonyl (C=O) groups excluding carboxylic acids is 1. The maximum Gasteiger partial charge on any atom is 0.222 e. The van der Waals surface area contributed by atoms with Gasteiger partial charge in [0.1, 0.15) is 5.75 Å². The van der Waals surface area contributed by atoms with Gasteiger partial charge in [0.25, 0.3) is 0 Å². The van der Waals surface area contributed by atoms with Crippen LogP contribution in [0.1, 0.15) is 25.7 Å². The molecule has 0 aromatic heterocycles. The molecule has 1 heterocycles. The van der Waals surface area contributed by atoms with Gasteiger partial charge in [0.05, 0.1) is 11.6 Å². The molecule has 4 nitrogen and oxygen atoms in total. The molecule has 0 spiro atoms. The van der Waals surface area contributed by atoms with Crippen molar-refractivity contribution >= 4 is 29.9 Å². The molecule has 0 bridgehead atoms. The Balaban J connectivity index is 0.00000242. The quantitative estimate of drug-likeness (QED) is 0.804. The first-order valence-electron chi connectivity index (χ1n) is 7.52. The van der Waals surface area contributed by atoms with Crippen LogP contribution in [0.3, 0.4) is 0 Å². The number of piperidine rings is 1. The zero-order chi connectivity index (χ0) is 15.1. The van der Waals surface area contributed by atoms with Gasteiger partial charge in [-0.2, -0.15) is 0 Å². The second-order valence-corrected chi connectivity index (χ2v) is 5.78. The lowest BCUT2D eigenvalue weighted by molar-refractivity contribution is -0.132. The van der Waals surface area contributed by atoms with Crippen LogP contribution >= 0.6 is 24.0 Å². The van der Waals surface area contributed by atoms with Gasteiger partial charge in [-0.1, -0.05) is 23.7 Å². The van der Waals surface area contributed by atoms with Crippen LogP contribution in [0.2, 0.25) is 5.02 Å². The molecule has 0 saturated carbocycles. The number of ether oxygens (including phenoxy) is 1. The molecule has 1 aromatic carbocycles. The van der Waals surface area contributed by atoms with Crippen LogP contribution in [0.25, 0.3) is 0 Å². The SMILES string of the molecule is CN(C(=O)CCCOc1ccccc1Cl)C1CCNCC1.Cl. The molecule has 1 amide bonds. The van der Waals surface area contributed by atoms with Gasteiger partial charge in [-0.05, 0) is 44.5 Å². The van der Waals surface area contributed by atoms with E-state index in [9.17, 15) is 4.79 Å². The number of hydrogen-bond donors (Lipinski definition) is 1. The summed E-state index contributed by atoms with van der Waals surface area (Å²) in [7, 11) is 1.91. The highest BCUT2D eigenvalue weighted by molar-refractivity contribution is 6.32. The molecule has 0 aliphatic carbocycles. The summed E-state index contributed by atoms with van der Waals surface area (Å²) in [4.78, 5) is 14.0. The minimum atomic E-state index is 0. The molecular formula is C16H24Cl2N2O2. The van der Waals surface area contributed by atoms with Crippen LogP contribution < -0.4 is 10.1 Å². The lowest BCUT2D eigenvalue weighted by Crippen LogP contribution is -2.43. The third-order valence-corrected chi connectivity index (χ3v) is 4.19. The van der Waals surface area contributed by atoms with E-state index in [2.05, 4.69) is 5.32 Å². The van der Waals surface area contributed by atoms with Gasteiger partial charge in [-0.25, -0.2) is 0 Å². The molecule has 0 atom stereocenters. The first-order chi connectivity index (χ1) is 10.2. The van der Waals surface area contributed by atoms with E-state index in [-0.39, 0.29) is 18.3 Å². The second kappa shape index (κ2) is 9.93. The number of nitrogens with one attached hydrogen (secondary N) is 1. The van der Waals surface area contributed by atoms with E-state index < -0.39 is 0 Å². The van der Waals surface area contributed by atoms with E-state index in [1.54, 1.807) is 6.07 Å². The summed E-state index contributed by atoms with van der Waals surface area (Å²) < 4.78 is 5.60. The van der Waals surface area contributed by atoms with Crippen molar-refractivity contribution in [2.24, 2.45) is 0 Å². The van der Waals surface area contributed by atoms with Crippen LogP contribution in [-0.2, 0) is 4.79 Å². The smallest absolute Gasteiger partial charge is 0.222 e. The molecule has 6 heteroatoms. The van der Waals surface area contributed by atoms with Gasteiger partial charge in [-0.15, -0.1) is 12.4 Å². The van der Waals surface area contributed by atoms with Gasteiger partial charge in [0, 0.05) is 19.5 Å². The lowest BCUT2D eigenvalue weighted by atomic mass is 10.0. The van der Waals surface area contributed by atoms with Crippen LogP contribution in [0.15, 0.2) is 24.3 Å². The monoisotopic (exact) mass is 346 g/mol. The normalized spacial score (nSPS) is 15.0. The third kappa shape index (κ3) is 5.67.